The van der Waals surface area contributed by atoms with Crippen molar-refractivity contribution in [2.45, 2.75) is 19.4 Å². The minimum Gasteiger partial charge on any atom is -0.368 e. The summed E-state index contributed by atoms with van der Waals surface area (Å²) in [5.41, 5.74) is 6.18. The van der Waals surface area contributed by atoms with Crippen molar-refractivity contribution in [1.29, 1.82) is 0 Å². The third kappa shape index (κ3) is 4.01. The van der Waals surface area contributed by atoms with Crippen LogP contribution in [0.4, 0.5) is 4.39 Å². The van der Waals surface area contributed by atoms with Crippen molar-refractivity contribution < 1.29 is 14.0 Å². The van der Waals surface area contributed by atoms with E-state index in [1.54, 1.807) is 6.92 Å². The van der Waals surface area contributed by atoms with Gasteiger partial charge >= 0.3 is 0 Å². The van der Waals surface area contributed by atoms with E-state index in [0.717, 1.165) is 5.57 Å². The fourth-order valence-corrected chi connectivity index (χ4v) is 1.41. The molecule has 1 rings (SSSR count). The largest absolute Gasteiger partial charge is 0.368 e. The highest BCUT2D eigenvalue weighted by molar-refractivity contribution is 5.97. The molecule has 3 N–H and O–H groups in total. The summed E-state index contributed by atoms with van der Waals surface area (Å²) in [4.78, 5) is 22.9. The van der Waals surface area contributed by atoms with Gasteiger partial charge in [0, 0.05) is 5.56 Å². The van der Waals surface area contributed by atoms with Crippen LogP contribution in [0.25, 0.3) is 0 Å². The van der Waals surface area contributed by atoms with Gasteiger partial charge in [-0.25, -0.2) is 4.39 Å². The summed E-state index contributed by atoms with van der Waals surface area (Å²) in [5.74, 6) is -1.53. The maximum atomic E-state index is 12.7. The number of hydrogen-bond donors (Lipinski definition) is 2. The molecule has 5 heteroatoms. The first kappa shape index (κ1) is 13.9. The van der Waals surface area contributed by atoms with Gasteiger partial charge in [0.15, 0.2) is 0 Å². The van der Waals surface area contributed by atoms with E-state index in [9.17, 15) is 14.0 Å². The van der Waals surface area contributed by atoms with Gasteiger partial charge in [0.1, 0.15) is 11.9 Å². The van der Waals surface area contributed by atoms with Crippen LogP contribution in [0.1, 0.15) is 23.7 Å². The van der Waals surface area contributed by atoms with Gasteiger partial charge in [-0.3, -0.25) is 9.59 Å². The molecule has 1 aromatic rings. The van der Waals surface area contributed by atoms with Gasteiger partial charge in [-0.15, -0.1) is 6.58 Å². The maximum Gasteiger partial charge on any atom is 0.251 e. The number of halogens is 1. The standard InChI is InChI=1S/C13H15FN2O2/c1-8(2)7-11(12(15)17)16-13(18)9-3-5-10(14)6-4-9/h3-6,11H,1,7H2,2H3,(H2,15,17)(H,16,18)/t11-/m1/s1. The number of nitrogens with two attached hydrogens (primary N) is 1. The molecule has 0 heterocycles. The molecular formula is C13H15FN2O2. The average Bonchev–Trinajstić information content (AvgIpc) is 2.28. The summed E-state index contributed by atoms with van der Waals surface area (Å²) >= 11 is 0. The Morgan fingerprint density at radius 1 is 1.39 bits per heavy atom. The van der Waals surface area contributed by atoms with Gasteiger partial charge in [-0.1, -0.05) is 5.57 Å². The van der Waals surface area contributed by atoms with E-state index in [1.165, 1.54) is 24.3 Å². The lowest BCUT2D eigenvalue weighted by atomic mass is 10.1. The topological polar surface area (TPSA) is 72.2 Å². The van der Waals surface area contributed by atoms with E-state index in [4.69, 9.17) is 5.73 Å². The molecule has 1 aromatic carbocycles. The van der Waals surface area contributed by atoms with Crippen molar-refractivity contribution in [1.82, 2.24) is 5.32 Å². The van der Waals surface area contributed by atoms with Crippen LogP contribution in [0.2, 0.25) is 0 Å². The third-order valence-corrected chi connectivity index (χ3v) is 2.31. The number of amides is 2. The Kier molecular flexibility index (Phi) is 4.59. The monoisotopic (exact) mass is 250 g/mol. The second kappa shape index (κ2) is 5.95. The van der Waals surface area contributed by atoms with Crippen LogP contribution in [-0.4, -0.2) is 17.9 Å². The Labute approximate surface area is 105 Å². The number of hydrogen-bond acceptors (Lipinski definition) is 2. The predicted octanol–water partition coefficient (Wildman–Crippen LogP) is 1.38. The molecule has 18 heavy (non-hydrogen) atoms. The number of rotatable bonds is 5. The Bertz CT molecular complexity index is 468. The number of carbonyl (C=O) groups is 2. The van der Waals surface area contributed by atoms with Crippen molar-refractivity contribution in [2.24, 2.45) is 5.73 Å². The van der Waals surface area contributed by atoms with Crippen molar-refractivity contribution in [3.8, 4) is 0 Å². The van der Waals surface area contributed by atoms with Crippen molar-refractivity contribution in [2.75, 3.05) is 0 Å². The lowest BCUT2D eigenvalue weighted by molar-refractivity contribution is -0.119. The first-order valence-corrected chi connectivity index (χ1v) is 5.40. The molecule has 0 bridgehead atoms. The SMILES string of the molecule is C=C(C)C[C@@H](NC(=O)c1ccc(F)cc1)C(N)=O. The molecule has 0 aliphatic carbocycles. The minimum absolute atomic E-state index is 0.268. The first-order valence-electron chi connectivity index (χ1n) is 5.40. The van der Waals surface area contributed by atoms with Crippen molar-refractivity contribution >= 4 is 11.8 Å². The summed E-state index contributed by atoms with van der Waals surface area (Å²) in [5, 5.41) is 2.49. The summed E-state index contributed by atoms with van der Waals surface area (Å²) < 4.78 is 12.7. The molecule has 0 saturated carbocycles. The molecule has 96 valence electrons. The number of benzene rings is 1. The van der Waals surface area contributed by atoms with Gasteiger partial charge in [0.25, 0.3) is 5.91 Å². The van der Waals surface area contributed by atoms with Crippen LogP contribution < -0.4 is 11.1 Å². The predicted molar refractivity (Wildman–Crippen MR) is 66.3 cm³/mol. The Morgan fingerprint density at radius 3 is 2.39 bits per heavy atom. The zero-order valence-corrected chi connectivity index (χ0v) is 10.1. The second-order valence-electron chi connectivity index (χ2n) is 4.10. The lowest BCUT2D eigenvalue weighted by Gasteiger charge is -2.15. The number of nitrogens with one attached hydrogen (secondary N) is 1. The highest BCUT2D eigenvalue weighted by atomic mass is 19.1. The maximum absolute atomic E-state index is 12.7. The fourth-order valence-electron chi connectivity index (χ4n) is 1.41. The first-order chi connectivity index (χ1) is 8.40. The quantitative estimate of drug-likeness (QED) is 0.775. The van der Waals surface area contributed by atoms with Crippen LogP contribution in [0.3, 0.4) is 0 Å². The molecule has 0 unspecified atom stereocenters. The molecule has 2 amide bonds. The van der Waals surface area contributed by atoms with Gasteiger partial charge in [0.05, 0.1) is 0 Å². The fraction of sp³-hybridized carbons (Fsp3) is 0.231. The molecule has 0 aliphatic rings. The molecule has 0 spiro atoms. The molecule has 4 nitrogen and oxygen atoms in total. The van der Waals surface area contributed by atoms with Gasteiger partial charge in [-0.2, -0.15) is 0 Å². The van der Waals surface area contributed by atoms with Crippen LogP contribution in [0, 0.1) is 5.82 Å². The van der Waals surface area contributed by atoms with Crippen LogP contribution >= 0.6 is 0 Å². The Morgan fingerprint density at radius 2 is 1.94 bits per heavy atom. The highest BCUT2D eigenvalue weighted by Crippen LogP contribution is 2.06. The average molecular weight is 250 g/mol. The molecule has 0 aliphatic heterocycles. The van der Waals surface area contributed by atoms with E-state index in [0.29, 0.717) is 0 Å². The third-order valence-electron chi connectivity index (χ3n) is 2.31. The number of carbonyl (C=O) groups excluding carboxylic acids is 2. The van der Waals surface area contributed by atoms with Gasteiger partial charge in [0.2, 0.25) is 5.91 Å². The van der Waals surface area contributed by atoms with Crippen LogP contribution in [0.15, 0.2) is 36.4 Å². The zero-order valence-electron chi connectivity index (χ0n) is 10.1. The lowest BCUT2D eigenvalue weighted by Crippen LogP contribution is -2.44. The molecule has 0 fully saturated rings. The molecule has 0 radical (unpaired) electrons. The van der Waals surface area contributed by atoms with Crippen molar-refractivity contribution in [3.63, 3.8) is 0 Å². The van der Waals surface area contributed by atoms with Gasteiger partial charge < -0.3 is 11.1 Å². The van der Waals surface area contributed by atoms with E-state index in [2.05, 4.69) is 11.9 Å². The number of primary amides is 1. The van der Waals surface area contributed by atoms with E-state index in [1.807, 2.05) is 0 Å². The van der Waals surface area contributed by atoms with Crippen molar-refractivity contribution in [3.05, 3.63) is 47.8 Å². The minimum atomic E-state index is -0.806. The molecule has 0 aromatic heterocycles. The summed E-state index contributed by atoms with van der Waals surface area (Å²) in [6.45, 7) is 5.40. The molecule has 0 saturated heterocycles. The Hall–Kier alpha value is -2.17. The van der Waals surface area contributed by atoms with Crippen LogP contribution in [0.5, 0.6) is 0 Å². The Balaban J connectivity index is 2.75. The van der Waals surface area contributed by atoms with E-state index < -0.39 is 23.7 Å². The smallest absolute Gasteiger partial charge is 0.251 e. The zero-order chi connectivity index (χ0) is 13.7. The van der Waals surface area contributed by atoms with E-state index in [-0.39, 0.29) is 12.0 Å². The molecule has 1 atom stereocenters. The summed E-state index contributed by atoms with van der Waals surface area (Å²) in [6, 6.07) is 4.22. The summed E-state index contributed by atoms with van der Waals surface area (Å²) in [7, 11) is 0. The summed E-state index contributed by atoms with van der Waals surface area (Å²) in [6.07, 6.45) is 0.280. The molecular weight excluding hydrogens is 235 g/mol. The van der Waals surface area contributed by atoms with Gasteiger partial charge in [-0.05, 0) is 37.6 Å². The van der Waals surface area contributed by atoms with Crippen LogP contribution in [-0.2, 0) is 4.79 Å². The van der Waals surface area contributed by atoms with E-state index >= 15 is 0 Å². The highest BCUT2D eigenvalue weighted by Gasteiger charge is 2.18. The second-order valence-corrected chi connectivity index (χ2v) is 4.10. The normalized spacial score (nSPS) is 11.7.